The fourth-order valence-electron chi connectivity index (χ4n) is 2.63. The average molecular weight is 250 g/mol. The summed E-state index contributed by atoms with van der Waals surface area (Å²) in [4.78, 5) is 11.8. The molecule has 1 amide bonds. The van der Waals surface area contributed by atoms with Gasteiger partial charge < -0.3 is 5.73 Å². The molecule has 1 aromatic rings. The van der Waals surface area contributed by atoms with Crippen molar-refractivity contribution in [1.29, 1.82) is 0 Å². The molecule has 0 spiro atoms. The van der Waals surface area contributed by atoms with E-state index in [1.807, 2.05) is 0 Å². The van der Waals surface area contributed by atoms with Crippen LogP contribution in [0.3, 0.4) is 0 Å². The van der Waals surface area contributed by atoms with E-state index in [2.05, 4.69) is 5.32 Å². The van der Waals surface area contributed by atoms with Gasteiger partial charge in [-0.15, -0.1) is 0 Å². The summed E-state index contributed by atoms with van der Waals surface area (Å²) in [5.41, 5.74) is 4.67. The van der Waals surface area contributed by atoms with Gasteiger partial charge in [-0.25, -0.2) is 4.39 Å². The molecule has 0 aliphatic heterocycles. The number of hydrogen-bond acceptors (Lipinski definition) is 2. The summed E-state index contributed by atoms with van der Waals surface area (Å²) >= 11 is 0. The summed E-state index contributed by atoms with van der Waals surface area (Å²) in [5, 5.41) is 3.23. The van der Waals surface area contributed by atoms with E-state index in [4.69, 9.17) is 5.73 Å². The molecule has 98 valence electrons. The van der Waals surface area contributed by atoms with Crippen molar-refractivity contribution in [2.75, 3.05) is 0 Å². The highest BCUT2D eigenvalue weighted by Crippen LogP contribution is 2.27. The molecule has 4 heteroatoms. The van der Waals surface area contributed by atoms with Gasteiger partial charge in [0, 0.05) is 11.6 Å². The van der Waals surface area contributed by atoms with E-state index >= 15 is 0 Å². The summed E-state index contributed by atoms with van der Waals surface area (Å²) in [6.45, 7) is 1.66. The molecule has 1 atom stereocenters. The fraction of sp³-hybridized carbons (Fsp3) is 0.500. The molecule has 0 bridgehead atoms. The Balaban J connectivity index is 2.31. The Hall–Kier alpha value is -1.42. The minimum absolute atomic E-state index is 0.238. The van der Waals surface area contributed by atoms with Crippen LogP contribution in [0.15, 0.2) is 24.3 Å². The van der Waals surface area contributed by atoms with Crippen molar-refractivity contribution < 1.29 is 9.18 Å². The number of nitrogens with two attached hydrogens (primary N) is 1. The molecule has 18 heavy (non-hydrogen) atoms. The Kier molecular flexibility index (Phi) is 3.66. The van der Waals surface area contributed by atoms with Crippen LogP contribution in [0.5, 0.6) is 0 Å². The molecule has 3 nitrogen and oxygen atoms in total. The van der Waals surface area contributed by atoms with Crippen LogP contribution >= 0.6 is 0 Å². The SMILES string of the molecule is CC(NC1CCCC1)(C(N)=O)c1ccccc1F. The molecular weight excluding hydrogens is 231 g/mol. The Morgan fingerprint density at radius 3 is 2.56 bits per heavy atom. The van der Waals surface area contributed by atoms with E-state index in [0.29, 0.717) is 5.56 Å². The van der Waals surface area contributed by atoms with E-state index in [-0.39, 0.29) is 6.04 Å². The maximum atomic E-state index is 13.9. The van der Waals surface area contributed by atoms with Crippen molar-refractivity contribution in [1.82, 2.24) is 5.32 Å². The standard InChI is InChI=1S/C14H19FN2O/c1-14(13(16)18,17-10-6-2-3-7-10)11-8-4-5-9-12(11)15/h4-5,8-10,17H,2-3,6-7H2,1H3,(H2,16,18). The van der Waals surface area contributed by atoms with Crippen LogP contribution < -0.4 is 11.1 Å². The minimum atomic E-state index is -1.14. The molecule has 1 unspecified atom stereocenters. The van der Waals surface area contributed by atoms with Gasteiger partial charge in [-0.3, -0.25) is 10.1 Å². The van der Waals surface area contributed by atoms with Gasteiger partial charge in [0.25, 0.3) is 0 Å². The predicted octanol–water partition coefficient (Wildman–Crippen LogP) is 2.06. The van der Waals surface area contributed by atoms with Crippen molar-refractivity contribution in [2.45, 2.75) is 44.2 Å². The van der Waals surface area contributed by atoms with E-state index < -0.39 is 17.3 Å². The van der Waals surface area contributed by atoms with Crippen LogP contribution in [0.1, 0.15) is 38.2 Å². The predicted molar refractivity (Wildman–Crippen MR) is 68.3 cm³/mol. The second-order valence-corrected chi connectivity index (χ2v) is 5.09. The van der Waals surface area contributed by atoms with Gasteiger partial charge in [-0.1, -0.05) is 31.0 Å². The van der Waals surface area contributed by atoms with Crippen LogP contribution in [0, 0.1) is 5.82 Å². The number of halogens is 1. The monoisotopic (exact) mass is 250 g/mol. The first-order chi connectivity index (χ1) is 8.54. The third kappa shape index (κ3) is 2.38. The largest absolute Gasteiger partial charge is 0.368 e. The molecule has 0 heterocycles. The van der Waals surface area contributed by atoms with Crippen molar-refractivity contribution >= 4 is 5.91 Å². The summed E-state index contributed by atoms with van der Waals surface area (Å²) in [6.07, 6.45) is 4.31. The van der Waals surface area contributed by atoms with Gasteiger partial charge in [0.1, 0.15) is 11.4 Å². The lowest BCUT2D eigenvalue weighted by atomic mass is 9.89. The molecule has 1 aliphatic rings. The minimum Gasteiger partial charge on any atom is -0.368 e. The summed E-state index contributed by atoms with van der Waals surface area (Å²) in [6, 6.07) is 6.53. The smallest absolute Gasteiger partial charge is 0.242 e. The lowest BCUT2D eigenvalue weighted by Crippen LogP contribution is -2.54. The third-order valence-electron chi connectivity index (χ3n) is 3.75. The fourth-order valence-corrected chi connectivity index (χ4v) is 2.63. The summed E-state index contributed by atoms with van der Waals surface area (Å²) in [5.74, 6) is -0.941. The van der Waals surface area contributed by atoms with Crippen molar-refractivity contribution in [3.8, 4) is 0 Å². The molecular formula is C14H19FN2O. The maximum Gasteiger partial charge on any atom is 0.242 e. The van der Waals surface area contributed by atoms with E-state index in [9.17, 15) is 9.18 Å². The lowest BCUT2D eigenvalue weighted by molar-refractivity contribution is -0.124. The topological polar surface area (TPSA) is 55.1 Å². The Morgan fingerprint density at radius 2 is 2.00 bits per heavy atom. The highest BCUT2D eigenvalue weighted by atomic mass is 19.1. The van der Waals surface area contributed by atoms with E-state index in [1.54, 1.807) is 25.1 Å². The molecule has 0 saturated heterocycles. The quantitative estimate of drug-likeness (QED) is 0.859. The molecule has 3 N–H and O–H groups in total. The van der Waals surface area contributed by atoms with Gasteiger partial charge in [0.15, 0.2) is 0 Å². The second-order valence-electron chi connectivity index (χ2n) is 5.09. The number of primary amides is 1. The maximum absolute atomic E-state index is 13.9. The number of nitrogens with one attached hydrogen (secondary N) is 1. The van der Waals surface area contributed by atoms with Gasteiger partial charge >= 0.3 is 0 Å². The molecule has 2 rings (SSSR count). The third-order valence-corrected chi connectivity index (χ3v) is 3.75. The molecule has 1 aliphatic carbocycles. The average Bonchev–Trinajstić information content (AvgIpc) is 2.81. The zero-order valence-electron chi connectivity index (χ0n) is 10.6. The number of hydrogen-bond donors (Lipinski definition) is 2. The van der Waals surface area contributed by atoms with Crippen LogP contribution in [0.2, 0.25) is 0 Å². The van der Waals surface area contributed by atoms with Crippen molar-refractivity contribution in [3.63, 3.8) is 0 Å². The number of carbonyl (C=O) groups is 1. The second kappa shape index (κ2) is 5.06. The van der Waals surface area contributed by atoms with Crippen LogP contribution in [-0.2, 0) is 10.3 Å². The van der Waals surface area contributed by atoms with Crippen molar-refractivity contribution in [2.24, 2.45) is 5.73 Å². The molecule has 0 radical (unpaired) electrons. The molecule has 0 aromatic heterocycles. The van der Waals surface area contributed by atoms with Gasteiger partial charge in [-0.2, -0.15) is 0 Å². The first-order valence-electron chi connectivity index (χ1n) is 6.36. The zero-order valence-corrected chi connectivity index (χ0v) is 10.6. The zero-order chi connectivity index (χ0) is 13.2. The Morgan fingerprint density at radius 1 is 1.39 bits per heavy atom. The number of amides is 1. The van der Waals surface area contributed by atoms with E-state index in [0.717, 1.165) is 25.7 Å². The van der Waals surface area contributed by atoms with Gasteiger partial charge in [-0.05, 0) is 25.8 Å². The lowest BCUT2D eigenvalue weighted by Gasteiger charge is -2.31. The summed E-state index contributed by atoms with van der Waals surface area (Å²) in [7, 11) is 0. The first kappa shape index (κ1) is 13.0. The number of carbonyl (C=O) groups excluding carboxylic acids is 1. The van der Waals surface area contributed by atoms with Crippen LogP contribution in [-0.4, -0.2) is 11.9 Å². The molecule has 1 aromatic carbocycles. The van der Waals surface area contributed by atoms with Gasteiger partial charge in [0.05, 0.1) is 0 Å². The highest BCUT2D eigenvalue weighted by Gasteiger charge is 2.37. The number of rotatable bonds is 4. The molecule has 1 saturated carbocycles. The van der Waals surface area contributed by atoms with Gasteiger partial charge in [0.2, 0.25) is 5.91 Å². The van der Waals surface area contributed by atoms with Crippen LogP contribution in [0.4, 0.5) is 4.39 Å². The normalized spacial score (nSPS) is 19.7. The Bertz CT molecular complexity index is 443. The first-order valence-corrected chi connectivity index (χ1v) is 6.36. The van der Waals surface area contributed by atoms with Crippen LogP contribution in [0.25, 0.3) is 0 Å². The molecule has 1 fully saturated rings. The highest BCUT2D eigenvalue weighted by molar-refractivity contribution is 5.85. The van der Waals surface area contributed by atoms with Crippen molar-refractivity contribution in [3.05, 3.63) is 35.6 Å². The summed E-state index contributed by atoms with van der Waals surface area (Å²) < 4.78 is 13.9. The van der Waals surface area contributed by atoms with E-state index in [1.165, 1.54) is 6.07 Å². The Labute approximate surface area is 107 Å². The number of benzene rings is 1.